The maximum absolute atomic E-state index is 5.36. The molecule has 0 N–H and O–H groups in total. The van der Waals surface area contributed by atoms with Crippen molar-refractivity contribution in [2.75, 3.05) is 7.11 Å². The summed E-state index contributed by atoms with van der Waals surface area (Å²) in [6.45, 7) is 4.28. The maximum atomic E-state index is 5.36. The van der Waals surface area contributed by atoms with E-state index in [4.69, 9.17) is 4.74 Å². The summed E-state index contributed by atoms with van der Waals surface area (Å²) in [5.74, 6) is 2.43. The van der Waals surface area contributed by atoms with Gasteiger partial charge in [0, 0.05) is 0 Å². The molecule has 1 heteroatoms. The minimum Gasteiger partial charge on any atom is -0.497 e. The molecule has 2 atom stereocenters. The van der Waals surface area contributed by atoms with Crippen LogP contribution in [-0.2, 0) is 6.42 Å². The van der Waals surface area contributed by atoms with Gasteiger partial charge in [-0.2, -0.15) is 0 Å². The molecule has 3 rings (SSSR count). The zero-order valence-electron chi connectivity index (χ0n) is 10.5. The van der Waals surface area contributed by atoms with Crippen molar-refractivity contribution in [3.05, 3.63) is 41.5 Å². The van der Waals surface area contributed by atoms with E-state index in [9.17, 15) is 0 Å². The molecule has 2 aliphatic carbocycles. The number of benzene rings is 1. The number of methoxy groups -OCH3 is 1. The van der Waals surface area contributed by atoms with Crippen molar-refractivity contribution in [3.8, 4) is 5.75 Å². The third kappa shape index (κ3) is 1.78. The van der Waals surface area contributed by atoms with E-state index < -0.39 is 0 Å². The fourth-order valence-electron chi connectivity index (χ4n) is 3.58. The predicted octanol–water partition coefficient (Wildman–Crippen LogP) is 4.08. The fourth-order valence-corrected chi connectivity index (χ4v) is 3.58. The number of hydrogen-bond acceptors (Lipinski definition) is 1. The summed E-state index contributed by atoms with van der Waals surface area (Å²) in [5, 5.41) is 0. The Morgan fingerprint density at radius 3 is 2.88 bits per heavy atom. The van der Waals surface area contributed by atoms with Crippen molar-refractivity contribution in [2.45, 2.75) is 38.0 Å². The van der Waals surface area contributed by atoms with Gasteiger partial charge in [0.15, 0.2) is 0 Å². The zero-order valence-corrected chi connectivity index (χ0v) is 10.5. The standard InChI is InChI=1S/C16H20O/c1-11-4-3-5-15-14(11)9-7-12-6-8-13(17-2)10-16(12)15/h6,8,10,14-15H,1,3-5,7,9H2,2H3. The van der Waals surface area contributed by atoms with Crippen molar-refractivity contribution in [2.24, 2.45) is 5.92 Å². The van der Waals surface area contributed by atoms with Crippen LogP contribution in [-0.4, -0.2) is 7.11 Å². The van der Waals surface area contributed by atoms with Crippen LogP contribution < -0.4 is 4.74 Å². The largest absolute Gasteiger partial charge is 0.497 e. The van der Waals surface area contributed by atoms with Crippen molar-refractivity contribution in [1.82, 2.24) is 0 Å². The van der Waals surface area contributed by atoms with Crippen LogP contribution in [0.2, 0.25) is 0 Å². The number of allylic oxidation sites excluding steroid dienone is 1. The van der Waals surface area contributed by atoms with Gasteiger partial charge in [0.25, 0.3) is 0 Å². The summed E-state index contributed by atoms with van der Waals surface area (Å²) in [5.41, 5.74) is 4.54. The van der Waals surface area contributed by atoms with E-state index in [1.807, 2.05) is 0 Å². The second kappa shape index (κ2) is 4.21. The molecule has 1 saturated carbocycles. The fraction of sp³-hybridized carbons (Fsp3) is 0.500. The number of fused-ring (bicyclic) bond motifs is 3. The van der Waals surface area contributed by atoms with Crippen molar-refractivity contribution >= 4 is 0 Å². The van der Waals surface area contributed by atoms with Gasteiger partial charge in [-0.1, -0.05) is 18.2 Å². The van der Waals surface area contributed by atoms with Gasteiger partial charge in [-0.15, -0.1) is 0 Å². The monoisotopic (exact) mass is 228 g/mol. The third-order valence-corrected chi connectivity index (χ3v) is 4.50. The van der Waals surface area contributed by atoms with Gasteiger partial charge in [0.05, 0.1) is 7.11 Å². The molecule has 90 valence electrons. The summed E-state index contributed by atoms with van der Waals surface area (Å²) >= 11 is 0. The Hall–Kier alpha value is -1.24. The van der Waals surface area contributed by atoms with E-state index >= 15 is 0 Å². The first-order valence-corrected chi connectivity index (χ1v) is 6.64. The zero-order chi connectivity index (χ0) is 11.8. The molecular weight excluding hydrogens is 208 g/mol. The quantitative estimate of drug-likeness (QED) is 0.658. The average molecular weight is 228 g/mol. The number of ether oxygens (including phenoxy) is 1. The van der Waals surface area contributed by atoms with Gasteiger partial charge in [-0.3, -0.25) is 0 Å². The van der Waals surface area contributed by atoms with Crippen LogP contribution in [0.4, 0.5) is 0 Å². The van der Waals surface area contributed by atoms with Gasteiger partial charge in [-0.05, 0) is 67.2 Å². The highest BCUT2D eigenvalue weighted by Gasteiger charge is 2.33. The van der Waals surface area contributed by atoms with Crippen LogP contribution in [0.25, 0.3) is 0 Å². The Balaban J connectivity index is 2.01. The molecule has 0 amide bonds. The summed E-state index contributed by atoms with van der Waals surface area (Å²) in [4.78, 5) is 0. The first-order chi connectivity index (χ1) is 8.29. The van der Waals surface area contributed by atoms with Crippen LogP contribution in [0.1, 0.15) is 42.7 Å². The van der Waals surface area contributed by atoms with Gasteiger partial charge >= 0.3 is 0 Å². The van der Waals surface area contributed by atoms with Crippen LogP contribution >= 0.6 is 0 Å². The molecule has 2 aliphatic rings. The highest BCUT2D eigenvalue weighted by atomic mass is 16.5. The van der Waals surface area contributed by atoms with E-state index in [0.29, 0.717) is 5.92 Å². The van der Waals surface area contributed by atoms with Crippen LogP contribution in [0.15, 0.2) is 30.4 Å². The lowest BCUT2D eigenvalue weighted by Gasteiger charge is -2.38. The number of hydrogen-bond donors (Lipinski definition) is 0. The predicted molar refractivity (Wildman–Crippen MR) is 70.5 cm³/mol. The van der Waals surface area contributed by atoms with Crippen molar-refractivity contribution in [3.63, 3.8) is 0 Å². The topological polar surface area (TPSA) is 9.23 Å². The third-order valence-electron chi connectivity index (χ3n) is 4.50. The lowest BCUT2D eigenvalue weighted by Crippen LogP contribution is -2.25. The highest BCUT2D eigenvalue weighted by molar-refractivity contribution is 5.41. The highest BCUT2D eigenvalue weighted by Crippen LogP contribution is 2.47. The summed E-state index contributed by atoms with van der Waals surface area (Å²) in [6.07, 6.45) is 6.36. The van der Waals surface area contributed by atoms with E-state index in [1.54, 1.807) is 7.11 Å². The second-order valence-corrected chi connectivity index (χ2v) is 5.37. The van der Waals surface area contributed by atoms with Crippen LogP contribution in [0.5, 0.6) is 5.75 Å². The van der Waals surface area contributed by atoms with E-state index in [1.165, 1.54) is 48.8 Å². The molecule has 0 saturated heterocycles. The molecule has 1 aromatic carbocycles. The molecule has 17 heavy (non-hydrogen) atoms. The molecule has 0 spiro atoms. The van der Waals surface area contributed by atoms with Gasteiger partial charge in [0.1, 0.15) is 5.75 Å². The van der Waals surface area contributed by atoms with Crippen LogP contribution in [0.3, 0.4) is 0 Å². The molecule has 0 bridgehead atoms. The molecule has 2 unspecified atom stereocenters. The van der Waals surface area contributed by atoms with Crippen molar-refractivity contribution in [1.29, 1.82) is 0 Å². The molecule has 1 nitrogen and oxygen atoms in total. The lowest BCUT2D eigenvalue weighted by molar-refractivity contribution is 0.347. The summed E-state index contributed by atoms with van der Waals surface area (Å²) < 4.78 is 5.36. The molecule has 1 fully saturated rings. The van der Waals surface area contributed by atoms with Crippen molar-refractivity contribution < 1.29 is 4.74 Å². The average Bonchev–Trinajstić information content (AvgIpc) is 2.38. The Kier molecular flexibility index (Phi) is 2.70. The molecule has 0 radical (unpaired) electrons. The number of aryl methyl sites for hydroxylation is 1. The maximum Gasteiger partial charge on any atom is 0.119 e. The van der Waals surface area contributed by atoms with Gasteiger partial charge in [0.2, 0.25) is 0 Å². The van der Waals surface area contributed by atoms with E-state index in [0.717, 1.165) is 11.7 Å². The summed E-state index contributed by atoms with van der Waals surface area (Å²) in [7, 11) is 1.75. The molecule has 0 aromatic heterocycles. The van der Waals surface area contributed by atoms with Gasteiger partial charge in [-0.25, -0.2) is 0 Å². The normalized spacial score (nSPS) is 27.2. The second-order valence-electron chi connectivity index (χ2n) is 5.37. The Labute approximate surface area is 103 Å². The first-order valence-electron chi connectivity index (χ1n) is 6.64. The Bertz CT molecular complexity index is 447. The molecule has 1 aromatic rings. The number of rotatable bonds is 1. The minimum absolute atomic E-state index is 0.704. The van der Waals surface area contributed by atoms with Crippen LogP contribution in [0, 0.1) is 5.92 Å². The molecule has 0 aliphatic heterocycles. The Morgan fingerprint density at radius 1 is 1.18 bits per heavy atom. The van der Waals surface area contributed by atoms with E-state index in [2.05, 4.69) is 24.8 Å². The minimum atomic E-state index is 0.704. The molecular formula is C16H20O. The smallest absolute Gasteiger partial charge is 0.119 e. The summed E-state index contributed by atoms with van der Waals surface area (Å²) in [6, 6.07) is 6.60. The lowest BCUT2D eigenvalue weighted by atomic mass is 9.66. The van der Waals surface area contributed by atoms with E-state index in [-0.39, 0.29) is 0 Å². The first kappa shape index (κ1) is 10.9. The Morgan fingerprint density at radius 2 is 2.06 bits per heavy atom. The van der Waals surface area contributed by atoms with Gasteiger partial charge < -0.3 is 4.74 Å². The SMILES string of the molecule is C=C1CCCC2c3cc(OC)ccc3CCC12. The molecule has 0 heterocycles.